The maximum Gasteiger partial charge on any atom is 0.410 e. The monoisotopic (exact) mass is 415 g/mol. The van der Waals surface area contributed by atoms with Crippen LogP contribution in [0.4, 0.5) is 10.6 Å². The number of nitrogen functional groups attached to an aromatic ring is 1. The van der Waals surface area contributed by atoms with Crippen LogP contribution in [0.5, 0.6) is 0 Å². The van der Waals surface area contributed by atoms with Gasteiger partial charge in [-0.3, -0.25) is 0 Å². The first-order valence-corrected chi connectivity index (χ1v) is 8.11. The number of rotatable bonds is 0. The van der Waals surface area contributed by atoms with E-state index in [1.165, 1.54) is 6.33 Å². The normalized spacial score (nSPS) is 15.0. The molecule has 3 heterocycles. The minimum Gasteiger partial charge on any atom is -0.444 e. The summed E-state index contributed by atoms with van der Waals surface area (Å²) >= 11 is 2.24. The number of nitrogens with zero attached hydrogens (tertiary/aromatic N) is 4. The Hall–Kier alpha value is -1.58. The van der Waals surface area contributed by atoms with E-state index in [1.807, 2.05) is 20.8 Å². The fraction of sp³-hybridized carbons (Fsp3) is 0.500. The van der Waals surface area contributed by atoms with Gasteiger partial charge in [0.25, 0.3) is 0 Å². The lowest BCUT2D eigenvalue weighted by atomic mass is 10.2. The second-order valence-electron chi connectivity index (χ2n) is 6.27. The van der Waals surface area contributed by atoms with Crippen molar-refractivity contribution in [2.45, 2.75) is 39.5 Å². The molecule has 1 aliphatic rings. The molecule has 118 valence electrons. The van der Waals surface area contributed by atoms with E-state index in [-0.39, 0.29) is 6.09 Å². The summed E-state index contributed by atoms with van der Waals surface area (Å²) in [7, 11) is 0. The van der Waals surface area contributed by atoms with Crippen molar-refractivity contribution < 1.29 is 9.53 Å². The zero-order valence-electron chi connectivity index (χ0n) is 12.8. The highest BCUT2D eigenvalue weighted by Crippen LogP contribution is 2.32. The number of nitrogens with two attached hydrogens (primary N) is 1. The van der Waals surface area contributed by atoms with Crippen LogP contribution in [0.2, 0.25) is 0 Å². The third kappa shape index (κ3) is 2.59. The van der Waals surface area contributed by atoms with Gasteiger partial charge in [0.05, 0.1) is 17.6 Å². The van der Waals surface area contributed by atoms with Crippen LogP contribution >= 0.6 is 22.6 Å². The van der Waals surface area contributed by atoms with Crippen LogP contribution in [0, 0.1) is 3.57 Å². The van der Waals surface area contributed by atoms with Gasteiger partial charge in [0.2, 0.25) is 0 Å². The third-order valence-corrected chi connectivity index (χ3v) is 4.66. The molecule has 22 heavy (non-hydrogen) atoms. The molecular formula is C14H18IN5O2. The van der Waals surface area contributed by atoms with Gasteiger partial charge < -0.3 is 19.9 Å². The summed E-state index contributed by atoms with van der Waals surface area (Å²) in [6.07, 6.45) is 1.18. The van der Waals surface area contributed by atoms with Crippen molar-refractivity contribution >= 4 is 45.5 Å². The zero-order chi connectivity index (χ0) is 16.1. The van der Waals surface area contributed by atoms with Gasteiger partial charge >= 0.3 is 6.09 Å². The van der Waals surface area contributed by atoms with Crippen molar-refractivity contribution in [3.8, 4) is 0 Å². The molecule has 0 aliphatic carbocycles. The summed E-state index contributed by atoms with van der Waals surface area (Å²) in [5, 5.41) is 0.865. The average molecular weight is 415 g/mol. The van der Waals surface area contributed by atoms with Gasteiger partial charge in [-0.05, 0) is 43.4 Å². The standard InChI is InChI=1S/C14H18IN5O2/c1-14(2,3)22-13(21)19-4-5-20-8(6-19)10(15)9-11(16)17-7-18-12(9)20/h7H,4-6H2,1-3H3,(H2,16,17,18). The maximum absolute atomic E-state index is 12.3. The lowest BCUT2D eigenvalue weighted by Gasteiger charge is -2.31. The summed E-state index contributed by atoms with van der Waals surface area (Å²) in [6.45, 7) is 7.35. The van der Waals surface area contributed by atoms with Gasteiger partial charge in [-0.1, -0.05) is 0 Å². The first-order chi connectivity index (χ1) is 10.3. The lowest BCUT2D eigenvalue weighted by Crippen LogP contribution is -2.41. The molecule has 0 bridgehead atoms. The molecule has 0 saturated heterocycles. The molecule has 0 fully saturated rings. The summed E-state index contributed by atoms with van der Waals surface area (Å²) in [5.74, 6) is 0.472. The van der Waals surface area contributed by atoms with Crippen molar-refractivity contribution in [2.75, 3.05) is 12.3 Å². The Bertz CT molecular complexity index is 750. The van der Waals surface area contributed by atoms with Crippen LogP contribution in [0.3, 0.4) is 0 Å². The molecule has 0 aromatic carbocycles. The Labute approximate surface area is 142 Å². The molecule has 0 spiro atoms. The number of halogens is 1. The van der Waals surface area contributed by atoms with Crippen molar-refractivity contribution in [2.24, 2.45) is 0 Å². The van der Waals surface area contributed by atoms with Gasteiger partial charge in [0, 0.05) is 16.7 Å². The molecule has 3 rings (SSSR count). The molecule has 2 N–H and O–H groups in total. The Morgan fingerprint density at radius 2 is 2.09 bits per heavy atom. The number of fused-ring (bicyclic) bond motifs is 3. The number of ether oxygens (including phenoxy) is 1. The molecule has 2 aromatic heterocycles. The van der Waals surface area contributed by atoms with Crippen LogP contribution in [0.1, 0.15) is 26.5 Å². The Morgan fingerprint density at radius 3 is 2.77 bits per heavy atom. The Morgan fingerprint density at radius 1 is 1.36 bits per heavy atom. The van der Waals surface area contributed by atoms with Gasteiger partial charge in [0.1, 0.15) is 23.4 Å². The number of anilines is 1. The van der Waals surface area contributed by atoms with Crippen LogP contribution in [0.15, 0.2) is 6.33 Å². The quantitative estimate of drug-likeness (QED) is 0.668. The Kier molecular flexibility index (Phi) is 3.66. The van der Waals surface area contributed by atoms with Gasteiger partial charge in [-0.2, -0.15) is 0 Å². The number of carbonyl (C=O) groups is 1. The van der Waals surface area contributed by atoms with Crippen LogP contribution in [-0.4, -0.2) is 37.7 Å². The molecule has 0 radical (unpaired) electrons. The summed E-state index contributed by atoms with van der Waals surface area (Å²) in [6, 6.07) is 0. The smallest absolute Gasteiger partial charge is 0.410 e. The molecule has 7 nitrogen and oxygen atoms in total. The van der Waals surface area contributed by atoms with E-state index in [0.717, 1.165) is 20.3 Å². The SMILES string of the molecule is CC(C)(C)OC(=O)N1CCn2c(c(I)c3c(N)ncnc32)C1. The lowest BCUT2D eigenvalue weighted by molar-refractivity contribution is 0.0199. The predicted octanol–water partition coefficient (Wildman–Crippen LogP) is 2.37. The van der Waals surface area contributed by atoms with E-state index in [4.69, 9.17) is 10.5 Å². The molecule has 1 aliphatic heterocycles. The minimum absolute atomic E-state index is 0.293. The molecule has 0 unspecified atom stereocenters. The number of hydrogen-bond donors (Lipinski definition) is 1. The average Bonchev–Trinajstić information content (AvgIpc) is 2.71. The van der Waals surface area contributed by atoms with Crippen molar-refractivity contribution in [1.82, 2.24) is 19.4 Å². The first kappa shape index (κ1) is 15.3. The highest BCUT2D eigenvalue weighted by Gasteiger charge is 2.29. The number of carbonyl (C=O) groups excluding carboxylic acids is 1. The Balaban J connectivity index is 1.95. The van der Waals surface area contributed by atoms with E-state index < -0.39 is 5.60 Å². The van der Waals surface area contributed by atoms with Crippen molar-refractivity contribution in [3.63, 3.8) is 0 Å². The second-order valence-corrected chi connectivity index (χ2v) is 7.35. The predicted molar refractivity (Wildman–Crippen MR) is 91.3 cm³/mol. The molecule has 0 saturated carbocycles. The summed E-state index contributed by atoms with van der Waals surface area (Å²) in [4.78, 5) is 22.4. The van der Waals surface area contributed by atoms with E-state index in [2.05, 4.69) is 37.1 Å². The van der Waals surface area contributed by atoms with Crippen LogP contribution in [0.25, 0.3) is 11.0 Å². The summed E-state index contributed by atoms with van der Waals surface area (Å²) in [5.41, 5.74) is 7.33. The highest BCUT2D eigenvalue weighted by atomic mass is 127. The van der Waals surface area contributed by atoms with E-state index >= 15 is 0 Å². The van der Waals surface area contributed by atoms with Crippen molar-refractivity contribution in [1.29, 1.82) is 0 Å². The van der Waals surface area contributed by atoms with Gasteiger partial charge in [-0.15, -0.1) is 0 Å². The fourth-order valence-electron chi connectivity index (χ4n) is 2.55. The van der Waals surface area contributed by atoms with Crippen LogP contribution < -0.4 is 5.73 Å². The molecular weight excluding hydrogens is 397 g/mol. The number of aromatic nitrogens is 3. The van der Waals surface area contributed by atoms with Crippen molar-refractivity contribution in [3.05, 3.63) is 15.6 Å². The molecule has 1 amide bonds. The van der Waals surface area contributed by atoms with E-state index in [9.17, 15) is 4.79 Å². The first-order valence-electron chi connectivity index (χ1n) is 7.03. The third-order valence-electron chi connectivity index (χ3n) is 3.50. The largest absolute Gasteiger partial charge is 0.444 e. The highest BCUT2D eigenvalue weighted by molar-refractivity contribution is 14.1. The maximum atomic E-state index is 12.3. The number of amides is 1. The number of hydrogen-bond acceptors (Lipinski definition) is 5. The van der Waals surface area contributed by atoms with E-state index in [0.29, 0.717) is 25.5 Å². The van der Waals surface area contributed by atoms with Gasteiger partial charge in [-0.25, -0.2) is 14.8 Å². The minimum atomic E-state index is -0.496. The fourth-order valence-corrected chi connectivity index (χ4v) is 3.53. The topological polar surface area (TPSA) is 86.3 Å². The van der Waals surface area contributed by atoms with Gasteiger partial charge in [0.15, 0.2) is 0 Å². The van der Waals surface area contributed by atoms with Crippen LogP contribution in [-0.2, 0) is 17.8 Å². The molecule has 2 aromatic rings. The second kappa shape index (κ2) is 5.25. The molecule has 8 heteroatoms. The zero-order valence-corrected chi connectivity index (χ0v) is 14.9. The van der Waals surface area contributed by atoms with E-state index in [1.54, 1.807) is 4.90 Å². The molecule has 0 atom stereocenters. The summed E-state index contributed by atoms with van der Waals surface area (Å²) < 4.78 is 8.56.